The number of hydrogen-bond donors (Lipinski definition) is 3. The van der Waals surface area contributed by atoms with Gasteiger partial charge in [0.2, 0.25) is 15.9 Å². The number of nitrogens with two attached hydrogens (primary N) is 2. The van der Waals surface area contributed by atoms with Crippen LogP contribution in [0.3, 0.4) is 0 Å². The van der Waals surface area contributed by atoms with Crippen molar-refractivity contribution in [2.75, 3.05) is 19.3 Å². The summed E-state index contributed by atoms with van der Waals surface area (Å²) in [6, 6.07) is 11.2. The van der Waals surface area contributed by atoms with Crippen LogP contribution in [0.15, 0.2) is 52.7 Å². The normalized spacial score (nSPS) is 17.0. The third-order valence-corrected chi connectivity index (χ3v) is 8.39. The van der Waals surface area contributed by atoms with Crippen molar-refractivity contribution in [3.63, 3.8) is 0 Å². The van der Waals surface area contributed by atoms with Crippen molar-refractivity contribution in [2.24, 2.45) is 5.73 Å². The molecule has 1 atom stereocenters. The summed E-state index contributed by atoms with van der Waals surface area (Å²) in [5, 5.41) is 11.0. The van der Waals surface area contributed by atoms with Crippen LogP contribution in [0.25, 0.3) is 10.8 Å². The summed E-state index contributed by atoms with van der Waals surface area (Å²) in [5.41, 5.74) is 12.8. The number of thiophene rings is 1. The first-order valence-electron chi connectivity index (χ1n) is 9.65. The molecule has 8 nitrogen and oxygen atoms in total. The molecular weight excluding hydrogens is 434 g/mol. The van der Waals surface area contributed by atoms with Gasteiger partial charge in [0, 0.05) is 25.8 Å². The van der Waals surface area contributed by atoms with E-state index in [1.807, 2.05) is 11.4 Å². The van der Waals surface area contributed by atoms with Gasteiger partial charge in [-0.25, -0.2) is 8.42 Å². The Hall–Kier alpha value is -2.95. The van der Waals surface area contributed by atoms with Gasteiger partial charge in [-0.15, -0.1) is 11.3 Å². The van der Waals surface area contributed by atoms with Gasteiger partial charge >= 0.3 is 0 Å². The van der Waals surface area contributed by atoms with Crippen LogP contribution in [0.4, 0.5) is 5.69 Å². The molecule has 1 saturated heterocycles. The van der Waals surface area contributed by atoms with Gasteiger partial charge in [-0.3, -0.25) is 10.2 Å². The quantitative estimate of drug-likeness (QED) is 0.296. The highest BCUT2D eigenvalue weighted by atomic mass is 32.2. The van der Waals surface area contributed by atoms with Gasteiger partial charge in [0.05, 0.1) is 9.77 Å². The molecule has 1 aliphatic rings. The van der Waals surface area contributed by atoms with Crippen LogP contribution in [0.5, 0.6) is 0 Å². The van der Waals surface area contributed by atoms with Gasteiger partial charge in [0.1, 0.15) is 11.9 Å². The average molecular weight is 458 g/mol. The third kappa shape index (κ3) is 4.01. The summed E-state index contributed by atoms with van der Waals surface area (Å²) in [4.78, 5) is 15.4. The van der Waals surface area contributed by atoms with Crippen molar-refractivity contribution >= 4 is 49.6 Å². The van der Waals surface area contributed by atoms with Crippen LogP contribution in [-0.2, 0) is 21.4 Å². The second kappa shape index (κ2) is 7.95. The Morgan fingerprint density at radius 1 is 1.23 bits per heavy atom. The van der Waals surface area contributed by atoms with Crippen molar-refractivity contribution in [1.29, 1.82) is 5.41 Å². The lowest BCUT2D eigenvalue weighted by molar-refractivity contribution is -0.131. The van der Waals surface area contributed by atoms with Crippen molar-refractivity contribution in [3.05, 3.63) is 58.3 Å². The number of nitrogens with zero attached hydrogens (tertiary/aromatic N) is 2. The largest absolute Gasteiger partial charge is 0.399 e. The smallest absolute Gasteiger partial charge is 0.243 e. The Morgan fingerprint density at radius 3 is 2.68 bits per heavy atom. The molecule has 0 saturated carbocycles. The summed E-state index contributed by atoms with van der Waals surface area (Å²) in [6.07, 6.45) is 0.415. The summed E-state index contributed by atoms with van der Waals surface area (Å²) in [7, 11) is -2.41. The number of fused-ring (bicyclic) bond motifs is 1. The number of carbonyl (C=O) groups excluding carboxylic acids is 1. The maximum Gasteiger partial charge on any atom is 0.243 e. The number of amidine groups is 1. The van der Waals surface area contributed by atoms with Crippen molar-refractivity contribution < 1.29 is 13.2 Å². The molecule has 1 aliphatic heterocycles. The number of amides is 1. The Morgan fingerprint density at radius 2 is 1.97 bits per heavy atom. The molecule has 2 aromatic carbocycles. The van der Waals surface area contributed by atoms with E-state index in [0.29, 0.717) is 30.1 Å². The van der Waals surface area contributed by atoms with E-state index in [1.165, 1.54) is 18.4 Å². The minimum Gasteiger partial charge on any atom is -0.399 e. The average Bonchev–Trinajstić information content (AvgIpc) is 3.34. The molecule has 31 heavy (non-hydrogen) atoms. The van der Waals surface area contributed by atoms with Crippen LogP contribution in [-0.4, -0.2) is 49.0 Å². The predicted molar refractivity (Wildman–Crippen MR) is 122 cm³/mol. The number of sulfonamides is 1. The molecule has 1 aromatic heterocycles. The minimum absolute atomic E-state index is 0.00940. The second-order valence-electron chi connectivity index (χ2n) is 7.59. The fourth-order valence-corrected chi connectivity index (χ4v) is 5.92. The molecule has 4 rings (SSSR count). The Kier molecular flexibility index (Phi) is 5.46. The van der Waals surface area contributed by atoms with E-state index in [0.717, 1.165) is 20.6 Å². The first-order chi connectivity index (χ1) is 14.7. The van der Waals surface area contributed by atoms with E-state index in [2.05, 4.69) is 0 Å². The minimum atomic E-state index is -3.86. The highest BCUT2D eigenvalue weighted by molar-refractivity contribution is 7.89. The number of hydrogen-bond acceptors (Lipinski definition) is 6. The molecule has 0 aliphatic carbocycles. The number of anilines is 1. The first kappa shape index (κ1) is 21.3. The number of likely N-dealkylation sites (tertiary alicyclic amines) is 1. The molecule has 162 valence electrons. The lowest BCUT2D eigenvalue weighted by atomic mass is 10.1. The van der Waals surface area contributed by atoms with E-state index < -0.39 is 16.1 Å². The van der Waals surface area contributed by atoms with Crippen LogP contribution in [0.2, 0.25) is 0 Å². The zero-order valence-electron chi connectivity index (χ0n) is 16.9. The molecule has 0 unspecified atom stereocenters. The highest BCUT2D eigenvalue weighted by Crippen LogP contribution is 2.28. The third-order valence-electron chi connectivity index (χ3n) is 5.51. The van der Waals surface area contributed by atoms with E-state index >= 15 is 0 Å². The fraction of sp³-hybridized carbons (Fsp3) is 0.238. The van der Waals surface area contributed by atoms with Crippen molar-refractivity contribution in [3.8, 4) is 0 Å². The summed E-state index contributed by atoms with van der Waals surface area (Å²) >= 11 is 1.35. The zero-order chi connectivity index (χ0) is 22.3. The molecule has 1 fully saturated rings. The van der Waals surface area contributed by atoms with E-state index in [4.69, 9.17) is 16.9 Å². The molecular formula is C21H23N5O3S2. The molecule has 10 heteroatoms. The number of rotatable bonds is 6. The van der Waals surface area contributed by atoms with Crippen molar-refractivity contribution in [2.45, 2.75) is 23.9 Å². The predicted octanol–water partition coefficient (Wildman–Crippen LogP) is 2.19. The first-order valence-corrected chi connectivity index (χ1v) is 12.0. The van der Waals surface area contributed by atoms with Gasteiger partial charge in [0.25, 0.3) is 0 Å². The SMILES string of the molecule is CN([C@H]1CCN(Cc2csc(C(=N)N)c2)C1=O)S(=O)(=O)c1ccc2ccc(N)cc2c1. The number of benzene rings is 2. The van der Waals surface area contributed by atoms with Gasteiger partial charge in [-0.2, -0.15) is 4.31 Å². The Bertz CT molecular complexity index is 1290. The topological polar surface area (TPSA) is 134 Å². The van der Waals surface area contributed by atoms with E-state index in [9.17, 15) is 13.2 Å². The van der Waals surface area contributed by atoms with Gasteiger partial charge in [-0.05, 0) is 58.5 Å². The molecule has 0 radical (unpaired) electrons. The Labute approximate surface area is 184 Å². The lowest BCUT2D eigenvalue weighted by Crippen LogP contribution is -2.42. The second-order valence-corrected chi connectivity index (χ2v) is 10.5. The molecule has 0 spiro atoms. The van der Waals surface area contributed by atoms with E-state index in [-0.39, 0.29) is 16.6 Å². The summed E-state index contributed by atoms with van der Waals surface area (Å²) in [5.74, 6) is -0.239. The number of likely N-dealkylation sites (N-methyl/N-ethyl adjacent to an activating group) is 1. The Balaban J connectivity index is 1.53. The maximum atomic E-state index is 13.2. The standard InChI is InChI=1S/C21H23N5O3S2/c1-25(31(28,29)17-5-3-14-2-4-16(22)9-15(14)10-17)18-6-7-26(21(18)27)11-13-8-19(20(23)24)30-12-13/h2-5,8-10,12,18H,6-7,11,22H2,1H3,(H3,23,24)/t18-/m0/s1. The van der Waals surface area contributed by atoms with Crippen LogP contribution >= 0.6 is 11.3 Å². The van der Waals surface area contributed by atoms with Gasteiger partial charge < -0.3 is 16.4 Å². The maximum absolute atomic E-state index is 13.2. The number of carbonyl (C=O) groups is 1. The number of nitrogen functional groups attached to an aromatic ring is 2. The van der Waals surface area contributed by atoms with Crippen LogP contribution in [0, 0.1) is 5.41 Å². The van der Waals surface area contributed by atoms with Gasteiger partial charge in [0.15, 0.2) is 0 Å². The van der Waals surface area contributed by atoms with Gasteiger partial charge in [-0.1, -0.05) is 12.1 Å². The molecule has 0 bridgehead atoms. The van der Waals surface area contributed by atoms with Crippen LogP contribution in [0.1, 0.15) is 16.9 Å². The highest BCUT2D eigenvalue weighted by Gasteiger charge is 2.39. The van der Waals surface area contributed by atoms with Crippen LogP contribution < -0.4 is 11.5 Å². The molecule has 2 heterocycles. The molecule has 3 aromatic rings. The molecule has 1 amide bonds. The van der Waals surface area contributed by atoms with E-state index in [1.54, 1.807) is 41.3 Å². The zero-order valence-corrected chi connectivity index (χ0v) is 18.5. The van der Waals surface area contributed by atoms with Crippen molar-refractivity contribution in [1.82, 2.24) is 9.21 Å². The summed E-state index contributed by atoms with van der Waals surface area (Å²) < 4.78 is 27.6. The fourth-order valence-electron chi connectivity index (χ4n) is 3.77. The molecule has 5 N–H and O–H groups in total. The monoisotopic (exact) mass is 457 g/mol. The lowest BCUT2D eigenvalue weighted by Gasteiger charge is -2.23. The number of nitrogens with one attached hydrogen (secondary N) is 1. The summed E-state index contributed by atoms with van der Waals surface area (Å²) in [6.45, 7) is 0.825.